The van der Waals surface area contributed by atoms with Gasteiger partial charge in [0.1, 0.15) is 0 Å². The van der Waals surface area contributed by atoms with E-state index in [-0.39, 0.29) is 12.0 Å². The van der Waals surface area contributed by atoms with E-state index in [9.17, 15) is 4.79 Å². The lowest BCUT2D eigenvalue weighted by Crippen LogP contribution is -2.47. The van der Waals surface area contributed by atoms with Crippen LogP contribution in [0.5, 0.6) is 0 Å². The van der Waals surface area contributed by atoms with Gasteiger partial charge in [0, 0.05) is 13.2 Å². The number of carbonyl (C=O) groups is 1. The average Bonchev–Trinajstić information content (AvgIpc) is 2.43. The first-order valence-corrected chi connectivity index (χ1v) is 5.27. The van der Waals surface area contributed by atoms with E-state index in [0.717, 1.165) is 26.0 Å². The topological polar surface area (TPSA) is 29.5 Å². The Morgan fingerprint density at radius 3 is 2.86 bits per heavy atom. The Morgan fingerprint density at radius 2 is 2.36 bits per heavy atom. The molecule has 0 aromatic heterocycles. The molecule has 2 saturated heterocycles. The van der Waals surface area contributed by atoms with Crippen LogP contribution in [0, 0.1) is 5.92 Å². The van der Waals surface area contributed by atoms with Gasteiger partial charge < -0.3 is 9.64 Å². The van der Waals surface area contributed by atoms with Crippen LogP contribution in [0.2, 0.25) is 0 Å². The molecule has 2 heterocycles. The van der Waals surface area contributed by atoms with Crippen molar-refractivity contribution in [1.29, 1.82) is 0 Å². The first-order valence-electron chi connectivity index (χ1n) is 5.27. The molecule has 0 bridgehead atoms. The van der Waals surface area contributed by atoms with Crippen molar-refractivity contribution in [2.45, 2.75) is 31.9 Å². The van der Waals surface area contributed by atoms with Crippen LogP contribution >= 0.6 is 0 Å². The lowest BCUT2D eigenvalue weighted by atomic mass is 9.99. The minimum atomic E-state index is 0.0508. The average molecular weight is 195 g/mol. The van der Waals surface area contributed by atoms with E-state index >= 15 is 0 Å². The third-order valence-electron chi connectivity index (χ3n) is 3.17. The van der Waals surface area contributed by atoms with Gasteiger partial charge in [-0.3, -0.25) is 4.79 Å². The molecule has 2 aliphatic rings. The second kappa shape index (κ2) is 3.73. The molecule has 0 unspecified atom stereocenters. The largest absolute Gasteiger partial charge is 0.376 e. The van der Waals surface area contributed by atoms with Gasteiger partial charge >= 0.3 is 0 Å². The number of likely N-dealkylation sites (tertiary alicyclic amines) is 1. The van der Waals surface area contributed by atoms with Gasteiger partial charge in [-0.15, -0.1) is 0 Å². The minimum Gasteiger partial charge on any atom is -0.376 e. The van der Waals surface area contributed by atoms with E-state index in [1.165, 1.54) is 6.08 Å². The Morgan fingerprint density at radius 1 is 1.64 bits per heavy atom. The number of carbonyl (C=O) groups excluding carboxylic acids is 1. The van der Waals surface area contributed by atoms with Crippen LogP contribution < -0.4 is 0 Å². The van der Waals surface area contributed by atoms with E-state index in [1.807, 2.05) is 4.90 Å². The van der Waals surface area contributed by atoms with Gasteiger partial charge in [-0.25, -0.2) is 0 Å². The summed E-state index contributed by atoms with van der Waals surface area (Å²) in [5.74, 6) is 0.642. The summed E-state index contributed by atoms with van der Waals surface area (Å²) in [5, 5.41) is 0. The maximum atomic E-state index is 11.6. The Kier molecular flexibility index (Phi) is 2.59. The number of nitrogens with zero attached hydrogens (tertiary/aromatic N) is 1. The molecule has 3 atom stereocenters. The Balaban J connectivity index is 2.05. The second-order valence-electron chi connectivity index (χ2n) is 4.30. The van der Waals surface area contributed by atoms with Crippen LogP contribution in [0.1, 0.15) is 19.8 Å². The SMILES string of the molecule is C=CC(=O)N1C[C@@H](C)C[C@@H]1[C@H]1CCO1. The summed E-state index contributed by atoms with van der Waals surface area (Å²) in [6.45, 7) is 7.43. The lowest BCUT2D eigenvalue weighted by molar-refractivity contribution is -0.136. The molecule has 3 nitrogen and oxygen atoms in total. The zero-order valence-electron chi connectivity index (χ0n) is 8.61. The lowest BCUT2D eigenvalue weighted by Gasteiger charge is -2.36. The number of rotatable bonds is 2. The smallest absolute Gasteiger partial charge is 0.246 e. The Labute approximate surface area is 84.7 Å². The third kappa shape index (κ3) is 1.57. The molecule has 14 heavy (non-hydrogen) atoms. The fraction of sp³-hybridized carbons (Fsp3) is 0.727. The number of ether oxygens (including phenoxy) is 1. The van der Waals surface area contributed by atoms with Crippen LogP contribution in [0.25, 0.3) is 0 Å². The normalized spacial score (nSPS) is 36.6. The highest BCUT2D eigenvalue weighted by atomic mass is 16.5. The highest BCUT2D eigenvalue weighted by molar-refractivity contribution is 5.87. The predicted octanol–water partition coefficient (Wildman–Crippen LogP) is 1.20. The number of amides is 1. The zero-order valence-corrected chi connectivity index (χ0v) is 8.61. The Bertz CT molecular complexity index is 248. The standard InChI is InChI=1S/C11H17NO2/c1-3-11(13)12-7-8(2)6-9(12)10-4-5-14-10/h3,8-10H,1,4-7H2,2H3/t8-,9+,10+/m0/s1. The van der Waals surface area contributed by atoms with Crippen molar-refractivity contribution in [3.8, 4) is 0 Å². The fourth-order valence-corrected chi connectivity index (χ4v) is 2.37. The van der Waals surface area contributed by atoms with Crippen molar-refractivity contribution >= 4 is 5.91 Å². The predicted molar refractivity (Wildman–Crippen MR) is 53.8 cm³/mol. The molecule has 78 valence electrons. The molecule has 0 radical (unpaired) electrons. The van der Waals surface area contributed by atoms with Crippen LogP contribution in [0.15, 0.2) is 12.7 Å². The Hall–Kier alpha value is -0.830. The summed E-state index contributed by atoms with van der Waals surface area (Å²) in [5.41, 5.74) is 0. The van der Waals surface area contributed by atoms with E-state index < -0.39 is 0 Å². The number of hydrogen-bond acceptors (Lipinski definition) is 2. The summed E-state index contributed by atoms with van der Waals surface area (Å²) in [7, 11) is 0. The van der Waals surface area contributed by atoms with E-state index in [1.54, 1.807) is 0 Å². The van der Waals surface area contributed by atoms with Crippen LogP contribution in [0.4, 0.5) is 0 Å². The second-order valence-corrected chi connectivity index (χ2v) is 4.30. The van der Waals surface area contributed by atoms with Crippen molar-refractivity contribution < 1.29 is 9.53 Å². The molecule has 1 amide bonds. The summed E-state index contributed by atoms with van der Waals surface area (Å²) in [4.78, 5) is 13.5. The molecular formula is C11H17NO2. The monoisotopic (exact) mass is 195 g/mol. The molecule has 2 aliphatic heterocycles. The summed E-state index contributed by atoms with van der Waals surface area (Å²) in [6.07, 6.45) is 3.86. The molecule has 0 aromatic rings. The van der Waals surface area contributed by atoms with E-state index in [2.05, 4.69) is 13.5 Å². The van der Waals surface area contributed by atoms with Gasteiger partial charge in [-0.2, -0.15) is 0 Å². The van der Waals surface area contributed by atoms with Crippen molar-refractivity contribution in [2.24, 2.45) is 5.92 Å². The molecule has 0 aliphatic carbocycles. The molecule has 3 heteroatoms. The zero-order chi connectivity index (χ0) is 10.1. The van der Waals surface area contributed by atoms with Crippen molar-refractivity contribution in [1.82, 2.24) is 4.90 Å². The van der Waals surface area contributed by atoms with Gasteiger partial charge in [-0.05, 0) is 24.8 Å². The summed E-state index contributed by atoms with van der Waals surface area (Å²) < 4.78 is 5.46. The van der Waals surface area contributed by atoms with E-state index in [4.69, 9.17) is 4.74 Å². The maximum Gasteiger partial charge on any atom is 0.246 e. The fourth-order valence-electron chi connectivity index (χ4n) is 2.37. The van der Waals surface area contributed by atoms with Crippen molar-refractivity contribution in [2.75, 3.05) is 13.2 Å². The third-order valence-corrected chi connectivity index (χ3v) is 3.17. The molecule has 0 spiro atoms. The van der Waals surface area contributed by atoms with Crippen LogP contribution in [0.3, 0.4) is 0 Å². The molecule has 0 N–H and O–H groups in total. The highest BCUT2D eigenvalue weighted by Gasteiger charge is 2.40. The van der Waals surface area contributed by atoms with Crippen molar-refractivity contribution in [3.63, 3.8) is 0 Å². The molecule has 0 aromatic carbocycles. The van der Waals surface area contributed by atoms with Gasteiger partial charge in [-0.1, -0.05) is 13.5 Å². The number of hydrogen-bond donors (Lipinski definition) is 0. The van der Waals surface area contributed by atoms with Crippen LogP contribution in [-0.2, 0) is 9.53 Å². The minimum absolute atomic E-state index is 0.0508. The molecule has 2 rings (SSSR count). The maximum absolute atomic E-state index is 11.6. The van der Waals surface area contributed by atoms with Gasteiger partial charge in [0.05, 0.1) is 12.1 Å². The quantitative estimate of drug-likeness (QED) is 0.620. The van der Waals surface area contributed by atoms with Gasteiger partial charge in [0.2, 0.25) is 5.91 Å². The first kappa shape index (κ1) is 9.71. The van der Waals surface area contributed by atoms with Crippen LogP contribution in [-0.4, -0.2) is 36.1 Å². The molecule has 2 fully saturated rings. The first-order chi connectivity index (χ1) is 6.72. The van der Waals surface area contributed by atoms with Gasteiger partial charge in [0.15, 0.2) is 0 Å². The molecule has 0 saturated carbocycles. The highest BCUT2D eigenvalue weighted by Crippen LogP contribution is 2.31. The summed E-state index contributed by atoms with van der Waals surface area (Å²) in [6, 6.07) is 0.296. The van der Waals surface area contributed by atoms with Crippen molar-refractivity contribution in [3.05, 3.63) is 12.7 Å². The summed E-state index contributed by atoms with van der Waals surface area (Å²) >= 11 is 0. The van der Waals surface area contributed by atoms with Gasteiger partial charge in [0.25, 0.3) is 0 Å². The van der Waals surface area contributed by atoms with E-state index in [0.29, 0.717) is 12.0 Å². The molecular weight excluding hydrogens is 178 g/mol.